The first-order valence-electron chi connectivity index (χ1n) is 7.35. The third-order valence-electron chi connectivity index (χ3n) is 3.61. The van der Waals surface area contributed by atoms with Crippen LogP contribution in [0.5, 0.6) is 0 Å². The van der Waals surface area contributed by atoms with E-state index in [0.29, 0.717) is 0 Å². The molecule has 0 aromatic carbocycles. The van der Waals surface area contributed by atoms with Gasteiger partial charge >= 0.3 is 0 Å². The highest BCUT2D eigenvalue weighted by Crippen LogP contribution is 2.24. The van der Waals surface area contributed by atoms with Crippen LogP contribution in [0.1, 0.15) is 58.3 Å². The van der Waals surface area contributed by atoms with Crippen molar-refractivity contribution in [1.82, 2.24) is 10.6 Å². The van der Waals surface area contributed by atoms with Crippen molar-refractivity contribution >= 4 is 0 Å². The minimum absolute atomic E-state index is 1.01. The molecule has 0 bridgehead atoms. The van der Waals surface area contributed by atoms with E-state index < -0.39 is 0 Å². The molecule has 0 heterocycles. The zero-order valence-electron chi connectivity index (χ0n) is 11.1. The predicted molar refractivity (Wildman–Crippen MR) is 71.8 cm³/mol. The summed E-state index contributed by atoms with van der Waals surface area (Å²) in [5, 5.41) is 6.97. The maximum absolute atomic E-state index is 3.55. The molecule has 16 heavy (non-hydrogen) atoms. The Morgan fingerprint density at radius 2 is 1.44 bits per heavy atom. The average molecular weight is 226 g/mol. The molecule has 0 atom stereocenters. The van der Waals surface area contributed by atoms with Crippen molar-refractivity contribution in [3.05, 3.63) is 0 Å². The van der Waals surface area contributed by atoms with Gasteiger partial charge < -0.3 is 10.6 Å². The van der Waals surface area contributed by atoms with Gasteiger partial charge in [0.05, 0.1) is 0 Å². The summed E-state index contributed by atoms with van der Waals surface area (Å²) in [4.78, 5) is 0. The Balaban J connectivity index is 1.86. The maximum Gasteiger partial charge on any atom is 0.00767 e. The Hall–Kier alpha value is -0.0800. The number of nitrogens with one attached hydrogen (secondary N) is 2. The van der Waals surface area contributed by atoms with E-state index in [0.717, 1.165) is 25.6 Å². The van der Waals surface area contributed by atoms with E-state index in [1.54, 1.807) is 0 Å². The van der Waals surface area contributed by atoms with E-state index in [1.807, 2.05) is 0 Å². The quantitative estimate of drug-likeness (QED) is 0.491. The minimum atomic E-state index is 1.01. The van der Waals surface area contributed by atoms with Gasteiger partial charge in [0.25, 0.3) is 0 Å². The topological polar surface area (TPSA) is 24.1 Å². The molecular weight excluding hydrogens is 196 g/mol. The molecule has 0 radical (unpaired) electrons. The van der Waals surface area contributed by atoms with Crippen molar-refractivity contribution < 1.29 is 0 Å². The van der Waals surface area contributed by atoms with Crippen LogP contribution in [0.25, 0.3) is 0 Å². The first kappa shape index (κ1) is 14.0. The number of rotatable bonds is 8. The Morgan fingerprint density at radius 1 is 0.812 bits per heavy atom. The molecule has 2 N–H and O–H groups in total. The summed E-state index contributed by atoms with van der Waals surface area (Å²) < 4.78 is 0. The number of hydrogen-bond acceptors (Lipinski definition) is 2. The smallest absolute Gasteiger partial charge is 0.00767 e. The fraction of sp³-hybridized carbons (Fsp3) is 1.00. The van der Waals surface area contributed by atoms with E-state index in [2.05, 4.69) is 17.6 Å². The van der Waals surface area contributed by atoms with Crippen LogP contribution in [0.2, 0.25) is 0 Å². The van der Waals surface area contributed by atoms with Gasteiger partial charge in [-0.25, -0.2) is 0 Å². The second-order valence-corrected chi connectivity index (χ2v) is 5.15. The molecule has 1 rings (SSSR count). The van der Waals surface area contributed by atoms with Crippen molar-refractivity contribution in [2.24, 2.45) is 5.92 Å². The summed E-state index contributed by atoms with van der Waals surface area (Å²) in [5.74, 6) is 1.01. The SMILES string of the molecule is CCCNCCNCCC1CCCCCC1. The molecule has 1 aliphatic carbocycles. The van der Waals surface area contributed by atoms with E-state index >= 15 is 0 Å². The van der Waals surface area contributed by atoms with Crippen LogP contribution in [0.4, 0.5) is 0 Å². The van der Waals surface area contributed by atoms with Gasteiger partial charge in [-0.15, -0.1) is 0 Å². The highest BCUT2D eigenvalue weighted by atomic mass is 14.9. The molecule has 0 amide bonds. The van der Waals surface area contributed by atoms with Crippen molar-refractivity contribution in [3.63, 3.8) is 0 Å². The Labute approximate surface area is 102 Å². The zero-order chi connectivity index (χ0) is 11.5. The summed E-state index contributed by atoms with van der Waals surface area (Å²) in [6.45, 7) is 6.85. The van der Waals surface area contributed by atoms with Gasteiger partial charge in [-0.2, -0.15) is 0 Å². The average Bonchev–Trinajstić information content (AvgIpc) is 2.56. The van der Waals surface area contributed by atoms with Crippen LogP contribution in [-0.2, 0) is 0 Å². The van der Waals surface area contributed by atoms with Gasteiger partial charge in [0.1, 0.15) is 0 Å². The van der Waals surface area contributed by atoms with E-state index in [9.17, 15) is 0 Å². The van der Waals surface area contributed by atoms with Crippen molar-refractivity contribution in [1.29, 1.82) is 0 Å². The molecule has 0 aromatic heterocycles. The van der Waals surface area contributed by atoms with E-state index in [4.69, 9.17) is 0 Å². The Kier molecular flexibility index (Phi) is 8.83. The van der Waals surface area contributed by atoms with Crippen LogP contribution in [0, 0.1) is 5.92 Å². The molecule has 1 saturated carbocycles. The largest absolute Gasteiger partial charge is 0.315 e. The second kappa shape index (κ2) is 10.1. The molecule has 0 saturated heterocycles. The lowest BCUT2D eigenvalue weighted by Crippen LogP contribution is -2.29. The summed E-state index contributed by atoms with van der Waals surface area (Å²) in [6.07, 6.45) is 11.5. The Morgan fingerprint density at radius 3 is 2.06 bits per heavy atom. The molecule has 0 spiro atoms. The summed E-state index contributed by atoms with van der Waals surface area (Å²) in [6, 6.07) is 0. The van der Waals surface area contributed by atoms with Gasteiger partial charge in [-0.1, -0.05) is 45.4 Å². The van der Waals surface area contributed by atoms with Gasteiger partial charge in [-0.05, 0) is 31.8 Å². The van der Waals surface area contributed by atoms with Gasteiger partial charge in [0.15, 0.2) is 0 Å². The molecule has 0 aromatic rings. The lowest BCUT2D eigenvalue weighted by molar-refractivity contribution is 0.414. The zero-order valence-corrected chi connectivity index (χ0v) is 11.1. The summed E-state index contributed by atoms with van der Waals surface area (Å²) in [7, 11) is 0. The summed E-state index contributed by atoms with van der Waals surface area (Å²) >= 11 is 0. The molecule has 96 valence electrons. The van der Waals surface area contributed by atoms with Crippen molar-refractivity contribution in [3.8, 4) is 0 Å². The third-order valence-corrected chi connectivity index (χ3v) is 3.61. The standard InChI is InChI=1S/C14H30N2/c1-2-10-15-12-13-16-11-9-14-7-5-3-4-6-8-14/h14-16H,2-13H2,1H3. The molecule has 1 fully saturated rings. The van der Waals surface area contributed by atoms with E-state index in [1.165, 1.54) is 57.9 Å². The normalized spacial score (nSPS) is 18.6. The lowest BCUT2D eigenvalue weighted by Gasteiger charge is -2.14. The first-order chi connectivity index (χ1) is 7.93. The maximum atomic E-state index is 3.55. The third kappa shape index (κ3) is 7.24. The van der Waals surface area contributed by atoms with Gasteiger partial charge in [0.2, 0.25) is 0 Å². The van der Waals surface area contributed by atoms with Gasteiger partial charge in [-0.3, -0.25) is 0 Å². The Bertz CT molecular complexity index is 140. The van der Waals surface area contributed by atoms with Crippen LogP contribution >= 0.6 is 0 Å². The molecular formula is C14H30N2. The van der Waals surface area contributed by atoms with Crippen LogP contribution in [0.3, 0.4) is 0 Å². The molecule has 1 aliphatic rings. The minimum Gasteiger partial charge on any atom is -0.315 e. The monoisotopic (exact) mass is 226 g/mol. The predicted octanol–water partition coefficient (Wildman–Crippen LogP) is 2.94. The van der Waals surface area contributed by atoms with Gasteiger partial charge in [0, 0.05) is 13.1 Å². The van der Waals surface area contributed by atoms with Crippen molar-refractivity contribution in [2.45, 2.75) is 58.3 Å². The molecule has 0 unspecified atom stereocenters. The highest BCUT2D eigenvalue weighted by Gasteiger charge is 2.11. The lowest BCUT2D eigenvalue weighted by atomic mass is 9.97. The van der Waals surface area contributed by atoms with Crippen molar-refractivity contribution in [2.75, 3.05) is 26.2 Å². The highest BCUT2D eigenvalue weighted by molar-refractivity contribution is 4.66. The van der Waals surface area contributed by atoms with E-state index in [-0.39, 0.29) is 0 Å². The first-order valence-corrected chi connectivity index (χ1v) is 7.35. The fourth-order valence-electron chi connectivity index (χ4n) is 2.56. The molecule has 2 nitrogen and oxygen atoms in total. The molecule has 0 aliphatic heterocycles. The summed E-state index contributed by atoms with van der Waals surface area (Å²) in [5.41, 5.74) is 0. The second-order valence-electron chi connectivity index (χ2n) is 5.15. The van der Waals surface area contributed by atoms with Crippen LogP contribution in [-0.4, -0.2) is 26.2 Å². The number of hydrogen-bond donors (Lipinski definition) is 2. The molecule has 2 heteroatoms. The van der Waals surface area contributed by atoms with Crippen LogP contribution < -0.4 is 10.6 Å². The fourth-order valence-corrected chi connectivity index (χ4v) is 2.56. The van der Waals surface area contributed by atoms with Crippen LogP contribution in [0.15, 0.2) is 0 Å².